The van der Waals surface area contributed by atoms with E-state index in [1.54, 1.807) is 0 Å². The Morgan fingerprint density at radius 2 is 1.48 bits per heavy atom. The van der Waals surface area contributed by atoms with Crippen LogP contribution in [0.15, 0.2) is 60.7 Å². The predicted octanol–water partition coefficient (Wildman–Crippen LogP) is 4.20. The van der Waals surface area contributed by atoms with Crippen LogP contribution in [0, 0.1) is 11.3 Å². The Labute approximate surface area is 132 Å². The molecule has 1 unspecified atom stereocenters. The lowest BCUT2D eigenvalue weighted by molar-refractivity contribution is 0.739. The molecule has 0 heterocycles. The first-order chi connectivity index (χ1) is 10.2. The molecule has 0 N–H and O–H groups in total. The molecule has 0 aromatic heterocycles. The van der Waals surface area contributed by atoms with E-state index in [4.69, 9.17) is 11.8 Å². The van der Waals surface area contributed by atoms with Crippen LogP contribution in [-0.4, -0.2) is 5.66 Å². The number of nitrogens with zero attached hydrogens (tertiary/aromatic N) is 1. The fraction of sp³-hybridized carbons (Fsp3) is 0.278. The Bertz CT molecular complexity index is 602. The molecule has 2 aromatic rings. The molecule has 0 amide bonds. The summed E-state index contributed by atoms with van der Waals surface area (Å²) in [5.74, 6) is 0. The van der Waals surface area contributed by atoms with Crippen LogP contribution in [0.3, 0.4) is 0 Å². The fourth-order valence-corrected chi connectivity index (χ4v) is 6.68. The highest BCUT2D eigenvalue weighted by atomic mass is 32.4. The van der Waals surface area contributed by atoms with E-state index in [1.165, 1.54) is 0 Å². The van der Waals surface area contributed by atoms with Crippen molar-refractivity contribution in [1.29, 1.82) is 5.26 Å². The molecule has 0 saturated carbocycles. The summed E-state index contributed by atoms with van der Waals surface area (Å²) < 4.78 is 0. The van der Waals surface area contributed by atoms with E-state index in [1.807, 2.05) is 36.4 Å². The summed E-state index contributed by atoms with van der Waals surface area (Å²) in [5.41, 5.74) is -0.0859. The average Bonchev–Trinajstić information content (AvgIpc) is 2.57. The number of benzene rings is 2. The van der Waals surface area contributed by atoms with E-state index in [0.29, 0.717) is 0 Å². The van der Waals surface area contributed by atoms with Crippen molar-refractivity contribution < 1.29 is 0 Å². The van der Waals surface area contributed by atoms with Crippen LogP contribution in [0.1, 0.15) is 26.2 Å². The largest absolute Gasteiger partial charge is 0.198 e. The molecule has 0 aliphatic heterocycles. The molecule has 108 valence electrons. The smallest absolute Gasteiger partial charge is 0.0829 e. The van der Waals surface area contributed by atoms with Crippen LogP contribution in [0.2, 0.25) is 0 Å². The number of nitriles is 1. The van der Waals surface area contributed by atoms with Gasteiger partial charge < -0.3 is 0 Å². The third-order valence-corrected chi connectivity index (χ3v) is 9.11. The number of rotatable bonds is 6. The molecule has 0 bridgehead atoms. The molecule has 0 aliphatic rings. The zero-order valence-electron chi connectivity index (χ0n) is 12.3. The van der Waals surface area contributed by atoms with Crippen molar-refractivity contribution in [2.24, 2.45) is 0 Å². The molecule has 0 fully saturated rings. The average molecular weight is 313 g/mol. The van der Waals surface area contributed by atoms with E-state index in [2.05, 4.69) is 37.3 Å². The van der Waals surface area contributed by atoms with Crippen LogP contribution in [-0.2, 0) is 11.8 Å². The van der Waals surface area contributed by atoms with Crippen molar-refractivity contribution in [1.82, 2.24) is 0 Å². The van der Waals surface area contributed by atoms with Gasteiger partial charge in [0.1, 0.15) is 0 Å². The van der Waals surface area contributed by atoms with Gasteiger partial charge in [0, 0.05) is 6.04 Å². The van der Waals surface area contributed by atoms with Crippen molar-refractivity contribution in [2.75, 3.05) is 0 Å². The van der Waals surface area contributed by atoms with Gasteiger partial charge in [-0.25, -0.2) is 0 Å². The summed E-state index contributed by atoms with van der Waals surface area (Å²) >= 11 is 6.16. The fourth-order valence-electron chi connectivity index (χ4n) is 2.53. The second-order valence-corrected chi connectivity index (χ2v) is 9.82. The lowest BCUT2D eigenvalue weighted by atomic mass is 10.2. The Kier molecular flexibility index (Phi) is 5.74. The van der Waals surface area contributed by atoms with Crippen molar-refractivity contribution in [3.05, 3.63) is 60.7 Å². The van der Waals surface area contributed by atoms with Gasteiger partial charge in [-0.05, 0) is 17.0 Å². The van der Waals surface area contributed by atoms with Gasteiger partial charge in [-0.2, -0.15) is 5.26 Å². The molecule has 21 heavy (non-hydrogen) atoms. The molecule has 0 aliphatic carbocycles. The zero-order valence-corrected chi connectivity index (χ0v) is 14.0. The van der Waals surface area contributed by atoms with Gasteiger partial charge in [0.05, 0.1) is 11.7 Å². The molecular weight excluding hydrogens is 293 g/mol. The molecule has 2 rings (SSSR count). The van der Waals surface area contributed by atoms with Crippen LogP contribution in [0.25, 0.3) is 0 Å². The van der Waals surface area contributed by atoms with E-state index in [9.17, 15) is 5.26 Å². The Morgan fingerprint density at radius 3 is 1.86 bits per heavy atom. The number of hydrogen-bond donors (Lipinski definition) is 0. The molecule has 0 radical (unpaired) electrons. The maximum atomic E-state index is 9.72. The molecule has 0 spiro atoms. The quantitative estimate of drug-likeness (QED) is 0.746. The second kappa shape index (κ2) is 7.55. The lowest BCUT2D eigenvalue weighted by Crippen LogP contribution is -2.24. The van der Waals surface area contributed by atoms with Crippen LogP contribution in [0.4, 0.5) is 0 Å². The standard InChI is InChI=1S/C18H20NPS/c1-2-3-10-18(15-19)20(21,16-11-6-4-7-12-16)17-13-8-5-9-14-17/h4-9,11-14,18H,2-3,10H2,1H3. The molecule has 1 nitrogen and oxygen atoms in total. The van der Waals surface area contributed by atoms with Crippen molar-refractivity contribution in [3.8, 4) is 6.07 Å². The third-order valence-electron chi connectivity index (χ3n) is 3.70. The zero-order chi connectivity index (χ0) is 15.1. The van der Waals surface area contributed by atoms with E-state index < -0.39 is 6.04 Å². The van der Waals surface area contributed by atoms with Crippen LogP contribution >= 0.6 is 6.04 Å². The molecule has 2 aromatic carbocycles. The summed E-state index contributed by atoms with van der Waals surface area (Å²) in [6.45, 7) is 2.16. The Balaban J connectivity index is 2.55. The highest BCUT2D eigenvalue weighted by molar-refractivity contribution is 8.22. The SMILES string of the molecule is CCCCC(C#N)P(=S)(c1ccccc1)c1ccccc1. The summed E-state index contributed by atoms with van der Waals surface area (Å²) in [4.78, 5) is 0. The topological polar surface area (TPSA) is 23.8 Å². The second-order valence-electron chi connectivity index (χ2n) is 5.12. The van der Waals surface area contributed by atoms with Gasteiger partial charge in [-0.15, -0.1) is 0 Å². The van der Waals surface area contributed by atoms with Gasteiger partial charge in [-0.1, -0.05) is 92.2 Å². The minimum absolute atomic E-state index is 0.0859. The molecule has 1 atom stereocenters. The first-order valence-electron chi connectivity index (χ1n) is 7.34. The van der Waals surface area contributed by atoms with Crippen molar-refractivity contribution in [3.63, 3.8) is 0 Å². The van der Waals surface area contributed by atoms with Crippen LogP contribution in [0.5, 0.6) is 0 Å². The van der Waals surface area contributed by atoms with Gasteiger partial charge >= 0.3 is 0 Å². The monoisotopic (exact) mass is 313 g/mol. The lowest BCUT2D eigenvalue weighted by Gasteiger charge is -2.28. The predicted molar refractivity (Wildman–Crippen MR) is 95.4 cm³/mol. The molecular formula is C18H20NPS. The number of unbranched alkanes of at least 4 members (excludes halogenated alkanes) is 1. The van der Waals surface area contributed by atoms with Gasteiger partial charge in [0.25, 0.3) is 0 Å². The van der Waals surface area contributed by atoms with Gasteiger partial charge in [0.15, 0.2) is 0 Å². The minimum Gasteiger partial charge on any atom is -0.198 e. The summed E-state index contributed by atoms with van der Waals surface area (Å²) in [7, 11) is 0. The van der Waals surface area contributed by atoms with Gasteiger partial charge in [-0.3, -0.25) is 0 Å². The van der Waals surface area contributed by atoms with Crippen molar-refractivity contribution >= 4 is 28.5 Å². The summed E-state index contributed by atoms with van der Waals surface area (Å²) in [6.07, 6.45) is 3.03. The van der Waals surface area contributed by atoms with E-state index in [-0.39, 0.29) is 5.66 Å². The Morgan fingerprint density at radius 1 is 1.00 bits per heavy atom. The number of hydrogen-bond acceptors (Lipinski definition) is 2. The van der Waals surface area contributed by atoms with E-state index >= 15 is 0 Å². The maximum absolute atomic E-state index is 9.72. The maximum Gasteiger partial charge on any atom is 0.0829 e. The Hall–Kier alpha value is -1.42. The van der Waals surface area contributed by atoms with Crippen molar-refractivity contribution in [2.45, 2.75) is 31.8 Å². The molecule has 3 heteroatoms. The van der Waals surface area contributed by atoms with E-state index in [0.717, 1.165) is 29.9 Å². The minimum atomic E-state index is -2.09. The normalized spacial score (nSPS) is 12.6. The first-order valence-corrected chi connectivity index (χ1v) is 10.2. The summed E-state index contributed by atoms with van der Waals surface area (Å²) in [6, 6.07) is 20.9. The summed E-state index contributed by atoms with van der Waals surface area (Å²) in [5, 5.41) is 12.0. The third kappa shape index (κ3) is 3.43. The molecule has 0 saturated heterocycles. The van der Waals surface area contributed by atoms with Gasteiger partial charge in [0.2, 0.25) is 0 Å². The highest BCUT2D eigenvalue weighted by Crippen LogP contribution is 2.50. The van der Waals surface area contributed by atoms with Crippen LogP contribution < -0.4 is 10.6 Å². The highest BCUT2D eigenvalue weighted by Gasteiger charge is 2.31. The first kappa shape index (κ1) is 16.0.